The quantitative estimate of drug-likeness (QED) is 0.794. The normalized spacial score (nSPS) is 15.8. The number of aliphatic hydroxyl groups is 1. The molecule has 0 aliphatic rings. The molecule has 0 bridgehead atoms. The minimum Gasteiger partial charge on any atom is -0.506 e. The van der Waals surface area contributed by atoms with Crippen molar-refractivity contribution in [3.8, 4) is 5.75 Å². The van der Waals surface area contributed by atoms with E-state index in [0.29, 0.717) is 0 Å². The summed E-state index contributed by atoms with van der Waals surface area (Å²) in [7, 11) is 0. The van der Waals surface area contributed by atoms with Crippen molar-refractivity contribution in [3.05, 3.63) is 28.8 Å². The van der Waals surface area contributed by atoms with Crippen LogP contribution in [0, 0.1) is 5.92 Å². The van der Waals surface area contributed by atoms with Crippen LogP contribution < -0.4 is 5.73 Å². The Morgan fingerprint density at radius 2 is 2.00 bits per heavy atom. The van der Waals surface area contributed by atoms with Crippen molar-refractivity contribution in [2.24, 2.45) is 11.7 Å². The minimum atomic E-state index is -0.606. The molecule has 17 heavy (non-hydrogen) atoms. The number of phenols is 1. The Bertz CT molecular complexity index is 360. The maximum atomic E-state index is 9.97. The van der Waals surface area contributed by atoms with E-state index in [1.165, 1.54) is 6.07 Å². The molecule has 0 heterocycles. The fraction of sp³-hybridized carbons (Fsp3) is 0.500. The summed E-state index contributed by atoms with van der Waals surface area (Å²) in [6.45, 7) is 3.96. The molecule has 0 aliphatic carbocycles. The zero-order chi connectivity index (χ0) is 12.3. The summed E-state index contributed by atoms with van der Waals surface area (Å²) in [5.74, 6) is 0.151. The van der Waals surface area contributed by atoms with Crippen molar-refractivity contribution >= 4 is 24.0 Å². The Balaban J connectivity index is 0.00000256. The first kappa shape index (κ1) is 16.5. The molecule has 0 spiro atoms. The number of halogens is 2. The number of aromatic hydroxyl groups is 1. The molecular weight excluding hydrogens is 261 g/mol. The number of hydrogen-bond acceptors (Lipinski definition) is 3. The van der Waals surface area contributed by atoms with Crippen molar-refractivity contribution in [2.75, 3.05) is 0 Å². The first-order valence-electron chi connectivity index (χ1n) is 5.39. The standard InChI is InChI=1S/C12H18ClNO2.ClH/c1-3-7(2)12(16)11(14)8-4-5-10(15)9(13)6-8;/h4-7,11-12,15-16H,3,14H2,1-2H3;1H/t7?,11-,12+;/m0./s1. The molecule has 1 unspecified atom stereocenters. The highest BCUT2D eigenvalue weighted by Gasteiger charge is 2.22. The molecule has 3 nitrogen and oxygen atoms in total. The van der Waals surface area contributed by atoms with Crippen molar-refractivity contribution < 1.29 is 10.2 Å². The molecule has 1 aromatic carbocycles. The van der Waals surface area contributed by atoms with Crippen molar-refractivity contribution in [3.63, 3.8) is 0 Å². The fourth-order valence-electron chi connectivity index (χ4n) is 1.52. The monoisotopic (exact) mass is 279 g/mol. The van der Waals surface area contributed by atoms with Gasteiger partial charge in [0.2, 0.25) is 0 Å². The summed E-state index contributed by atoms with van der Waals surface area (Å²) in [5, 5.41) is 19.5. The predicted octanol–water partition coefficient (Wildman–Crippen LogP) is 2.87. The molecule has 3 atom stereocenters. The molecule has 0 fully saturated rings. The third-order valence-corrected chi connectivity index (χ3v) is 3.25. The summed E-state index contributed by atoms with van der Waals surface area (Å²) in [5.41, 5.74) is 6.68. The summed E-state index contributed by atoms with van der Waals surface area (Å²) >= 11 is 5.79. The Kier molecular flexibility index (Phi) is 6.87. The van der Waals surface area contributed by atoms with Crippen LogP contribution in [-0.4, -0.2) is 16.3 Å². The molecule has 0 saturated heterocycles. The number of rotatable bonds is 4. The van der Waals surface area contributed by atoms with Gasteiger partial charge in [0, 0.05) is 0 Å². The molecule has 5 heteroatoms. The van der Waals surface area contributed by atoms with Gasteiger partial charge < -0.3 is 15.9 Å². The van der Waals surface area contributed by atoms with Gasteiger partial charge in [-0.3, -0.25) is 0 Å². The Labute approximate surface area is 113 Å². The first-order valence-corrected chi connectivity index (χ1v) is 5.77. The minimum absolute atomic E-state index is 0. The van der Waals surface area contributed by atoms with E-state index in [1.807, 2.05) is 13.8 Å². The summed E-state index contributed by atoms with van der Waals surface area (Å²) in [6.07, 6.45) is 0.256. The van der Waals surface area contributed by atoms with E-state index in [-0.39, 0.29) is 29.1 Å². The van der Waals surface area contributed by atoms with Gasteiger partial charge in [0.1, 0.15) is 5.75 Å². The zero-order valence-electron chi connectivity index (χ0n) is 9.93. The zero-order valence-corrected chi connectivity index (χ0v) is 11.5. The lowest BCUT2D eigenvalue weighted by molar-refractivity contribution is 0.0880. The van der Waals surface area contributed by atoms with Gasteiger partial charge in [0.05, 0.1) is 17.2 Å². The number of phenolic OH excluding ortho intramolecular Hbond substituents is 1. The molecular formula is C12H19Cl2NO2. The van der Waals surface area contributed by atoms with Gasteiger partial charge >= 0.3 is 0 Å². The first-order chi connectivity index (χ1) is 7.47. The molecule has 1 rings (SSSR count). The highest BCUT2D eigenvalue weighted by molar-refractivity contribution is 6.32. The van der Waals surface area contributed by atoms with Gasteiger partial charge in [-0.2, -0.15) is 0 Å². The largest absolute Gasteiger partial charge is 0.506 e. The van der Waals surface area contributed by atoms with E-state index in [0.717, 1.165) is 12.0 Å². The number of benzene rings is 1. The lowest BCUT2D eigenvalue weighted by Crippen LogP contribution is -2.31. The molecule has 0 radical (unpaired) electrons. The van der Waals surface area contributed by atoms with E-state index in [2.05, 4.69) is 0 Å². The van der Waals surface area contributed by atoms with Crippen LogP contribution in [0.25, 0.3) is 0 Å². The van der Waals surface area contributed by atoms with Gasteiger partial charge in [0.25, 0.3) is 0 Å². The van der Waals surface area contributed by atoms with Gasteiger partial charge in [-0.25, -0.2) is 0 Å². The lowest BCUT2D eigenvalue weighted by Gasteiger charge is -2.24. The highest BCUT2D eigenvalue weighted by atomic mass is 35.5. The summed E-state index contributed by atoms with van der Waals surface area (Å²) in [6, 6.07) is 4.28. The van der Waals surface area contributed by atoms with Gasteiger partial charge in [-0.1, -0.05) is 37.9 Å². The highest BCUT2D eigenvalue weighted by Crippen LogP contribution is 2.28. The second kappa shape index (κ2) is 7.07. The number of aliphatic hydroxyl groups excluding tert-OH is 1. The number of nitrogens with two attached hydrogens (primary N) is 1. The van der Waals surface area contributed by atoms with E-state index in [1.54, 1.807) is 12.1 Å². The van der Waals surface area contributed by atoms with Crippen molar-refractivity contribution in [1.82, 2.24) is 0 Å². The van der Waals surface area contributed by atoms with Crippen LogP contribution in [0.3, 0.4) is 0 Å². The van der Waals surface area contributed by atoms with E-state index in [9.17, 15) is 10.2 Å². The molecule has 0 aromatic heterocycles. The summed E-state index contributed by atoms with van der Waals surface area (Å²) in [4.78, 5) is 0. The van der Waals surface area contributed by atoms with E-state index < -0.39 is 12.1 Å². The van der Waals surface area contributed by atoms with Gasteiger partial charge in [-0.05, 0) is 23.6 Å². The SMILES string of the molecule is CCC(C)[C@@H](O)[C@@H](N)c1ccc(O)c(Cl)c1.Cl. The van der Waals surface area contributed by atoms with Crippen LogP contribution in [-0.2, 0) is 0 Å². The van der Waals surface area contributed by atoms with Crippen LogP contribution in [0.4, 0.5) is 0 Å². The molecule has 98 valence electrons. The van der Waals surface area contributed by atoms with Crippen LogP contribution in [0.5, 0.6) is 5.75 Å². The topological polar surface area (TPSA) is 66.5 Å². The van der Waals surface area contributed by atoms with Gasteiger partial charge in [0.15, 0.2) is 0 Å². The fourth-order valence-corrected chi connectivity index (χ4v) is 1.71. The molecule has 0 amide bonds. The maximum Gasteiger partial charge on any atom is 0.134 e. The van der Waals surface area contributed by atoms with Crippen LogP contribution in [0.2, 0.25) is 5.02 Å². The second-order valence-electron chi connectivity index (χ2n) is 4.11. The molecule has 4 N–H and O–H groups in total. The van der Waals surface area contributed by atoms with E-state index in [4.69, 9.17) is 17.3 Å². The third kappa shape index (κ3) is 4.03. The predicted molar refractivity (Wildman–Crippen MR) is 72.8 cm³/mol. The average molecular weight is 280 g/mol. The van der Waals surface area contributed by atoms with Crippen molar-refractivity contribution in [1.29, 1.82) is 0 Å². The Morgan fingerprint density at radius 3 is 2.47 bits per heavy atom. The third-order valence-electron chi connectivity index (χ3n) is 2.95. The maximum absolute atomic E-state index is 9.97. The molecule has 0 aliphatic heterocycles. The van der Waals surface area contributed by atoms with Crippen LogP contribution in [0.15, 0.2) is 18.2 Å². The average Bonchev–Trinajstić information content (AvgIpc) is 2.29. The Morgan fingerprint density at radius 1 is 1.41 bits per heavy atom. The van der Waals surface area contributed by atoms with Crippen LogP contribution >= 0.6 is 24.0 Å². The molecule has 0 saturated carbocycles. The lowest BCUT2D eigenvalue weighted by atomic mass is 9.91. The van der Waals surface area contributed by atoms with Gasteiger partial charge in [-0.15, -0.1) is 12.4 Å². The molecule has 1 aromatic rings. The second-order valence-corrected chi connectivity index (χ2v) is 4.52. The summed E-state index contributed by atoms with van der Waals surface area (Å²) < 4.78 is 0. The van der Waals surface area contributed by atoms with Crippen LogP contribution in [0.1, 0.15) is 31.9 Å². The number of hydrogen-bond donors (Lipinski definition) is 3. The smallest absolute Gasteiger partial charge is 0.134 e. The van der Waals surface area contributed by atoms with E-state index >= 15 is 0 Å². The van der Waals surface area contributed by atoms with Crippen molar-refractivity contribution in [2.45, 2.75) is 32.4 Å². The Hall–Kier alpha value is -0.480.